The van der Waals surface area contributed by atoms with Crippen LogP contribution in [-0.2, 0) is 4.79 Å². The molecule has 0 aromatic rings. The van der Waals surface area contributed by atoms with Gasteiger partial charge in [-0.15, -0.1) is 0 Å². The lowest BCUT2D eigenvalue weighted by Gasteiger charge is -2.29. The number of aliphatic carboxylic acids is 1. The van der Waals surface area contributed by atoms with Crippen molar-refractivity contribution in [3.63, 3.8) is 0 Å². The summed E-state index contributed by atoms with van der Waals surface area (Å²) in [4.78, 5) is 10.1. The second-order valence-electron chi connectivity index (χ2n) is 2.19. The Morgan fingerprint density at radius 3 is 2.25 bits per heavy atom. The Kier molecular flexibility index (Phi) is 1.21. The number of rotatable bonds is 1. The summed E-state index contributed by atoms with van der Waals surface area (Å²) in [6, 6.07) is -0.0764. The lowest BCUT2D eigenvalue weighted by atomic mass is 9.80. The van der Waals surface area contributed by atoms with Crippen molar-refractivity contribution in [1.29, 1.82) is 0 Å². The summed E-state index contributed by atoms with van der Waals surface area (Å²) in [5, 5.41) is 8.32. The highest BCUT2D eigenvalue weighted by molar-refractivity contribution is 5.71. The minimum absolute atomic E-state index is 0.0764. The quantitative estimate of drug-likeness (QED) is 0.497. The molecule has 1 rings (SSSR count). The first-order valence-electron chi connectivity index (χ1n) is 2.70. The van der Waals surface area contributed by atoms with Crippen molar-refractivity contribution < 1.29 is 9.90 Å². The third-order valence-electron chi connectivity index (χ3n) is 1.65. The van der Waals surface area contributed by atoms with Gasteiger partial charge in [-0.1, -0.05) is 0 Å². The number of carboxylic acids is 1. The number of hydrogen-bond donors (Lipinski definition) is 2. The molecule has 0 radical (unpaired) electrons. The van der Waals surface area contributed by atoms with Crippen LogP contribution < -0.4 is 5.73 Å². The molecule has 8 heavy (non-hydrogen) atoms. The molecule has 0 amide bonds. The number of hydrogen-bond acceptors (Lipinski definition) is 2. The highest BCUT2D eigenvalue weighted by atomic mass is 16.4. The lowest BCUT2D eigenvalue weighted by molar-refractivity contribution is -0.145. The lowest BCUT2D eigenvalue weighted by Crippen LogP contribution is -2.43. The van der Waals surface area contributed by atoms with Gasteiger partial charge >= 0.3 is 5.97 Å². The Morgan fingerprint density at radius 2 is 2.25 bits per heavy atom. The Bertz CT molecular complexity index is 113. The zero-order chi connectivity index (χ0) is 6.15. The Morgan fingerprint density at radius 1 is 1.62 bits per heavy atom. The highest BCUT2D eigenvalue weighted by Gasteiger charge is 2.33. The molecule has 0 aliphatic heterocycles. The van der Waals surface area contributed by atoms with E-state index in [1.807, 2.05) is 0 Å². The first-order chi connectivity index (χ1) is 3.72. The average Bonchev–Trinajstić information content (AvgIpc) is 1.61. The van der Waals surface area contributed by atoms with E-state index in [1.54, 1.807) is 0 Å². The van der Waals surface area contributed by atoms with Crippen LogP contribution in [0.3, 0.4) is 0 Å². The molecule has 0 heterocycles. The van der Waals surface area contributed by atoms with Crippen LogP contribution in [0.2, 0.25) is 0 Å². The smallest absolute Gasteiger partial charge is 0.308 e. The Labute approximate surface area is 47.5 Å². The number of carbonyl (C=O) groups is 1. The largest absolute Gasteiger partial charge is 0.481 e. The maximum atomic E-state index is 10.1. The van der Waals surface area contributed by atoms with E-state index in [0.717, 1.165) is 12.8 Å². The predicted octanol–water partition coefficient (Wildman–Crippen LogP) is -0.192. The molecule has 46 valence electrons. The molecule has 3 nitrogen and oxygen atoms in total. The molecule has 1 aliphatic carbocycles. The van der Waals surface area contributed by atoms with Gasteiger partial charge in [0.25, 0.3) is 0 Å². The van der Waals surface area contributed by atoms with E-state index in [9.17, 15) is 4.79 Å². The van der Waals surface area contributed by atoms with E-state index in [1.165, 1.54) is 0 Å². The fraction of sp³-hybridized carbons (Fsp3) is 0.800. The minimum Gasteiger partial charge on any atom is -0.481 e. The second kappa shape index (κ2) is 1.74. The van der Waals surface area contributed by atoms with Gasteiger partial charge in [0.05, 0.1) is 5.92 Å². The normalized spacial score (nSPS) is 36.1. The van der Waals surface area contributed by atoms with E-state index < -0.39 is 5.97 Å². The maximum Gasteiger partial charge on any atom is 0.308 e. The van der Waals surface area contributed by atoms with Gasteiger partial charge in [0, 0.05) is 6.04 Å². The molecule has 3 heteroatoms. The highest BCUT2D eigenvalue weighted by Crippen LogP contribution is 2.24. The molecule has 0 unspecified atom stereocenters. The van der Waals surface area contributed by atoms with E-state index in [2.05, 4.69) is 0 Å². The standard InChI is InChI=1S/C5H9NO2/c6-4-2-1-3(4)5(7)8/h3-4H,1-2,6H2,(H,7,8)/t3-,4+/m0/s1. The van der Waals surface area contributed by atoms with Crippen LogP contribution in [-0.4, -0.2) is 17.1 Å². The van der Waals surface area contributed by atoms with Crippen LogP contribution in [0, 0.1) is 5.92 Å². The number of carboxylic acid groups (broad SMARTS) is 1. The fourth-order valence-corrected chi connectivity index (χ4v) is 0.832. The summed E-state index contributed by atoms with van der Waals surface area (Å²) in [5.41, 5.74) is 5.34. The third kappa shape index (κ3) is 0.690. The summed E-state index contributed by atoms with van der Waals surface area (Å²) in [7, 11) is 0. The molecule has 1 aliphatic rings. The molecule has 0 aromatic carbocycles. The van der Waals surface area contributed by atoms with Crippen molar-refractivity contribution in [3.05, 3.63) is 0 Å². The van der Waals surface area contributed by atoms with E-state index in [4.69, 9.17) is 10.8 Å². The summed E-state index contributed by atoms with van der Waals surface area (Å²) in [5.74, 6) is -1.00. The van der Waals surface area contributed by atoms with E-state index in [0.29, 0.717) is 0 Å². The molecule has 2 atom stereocenters. The van der Waals surface area contributed by atoms with Crippen molar-refractivity contribution in [3.8, 4) is 0 Å². The van der Waals surface area contributed by atoms with Gasteiger partial charge in [-0.05, 0) is 12.8 Å². The summed E-state index contributed by atoms with van der Waals surface area (Å²) in [6.07, 6.45) is 1.63. The molecule has 0 bridgehead atoms. The molecule has 0 spiro atoms. The van der Waals surface area contributed by atoms with Crippen molar-refractivity contribution in [2.75, 3.05) is 0 Å². The van der Waals surface area contributed by atoms with Crippen molar-refractivity contribution in [2.45, 2.75) is 18.9 Å². The van der Waals surface area contributed by atoms with Gasteiger partial charge in [0.2, 0.25) is 0 Å². The van der Waals surface area contributed by atoms with Crippen LogP contribution in [0.4, 0.5) is 0 Å². The SMILES string of the molecule is N[C@@H]1CC[C@@H]1C(=O)O. The first kappa shape index (κ1) is 5.56. The Balaban J connectivity index is 2.37. The summed E-state index contributed by atoms with van der Waals surface area (Å²) in [6.45, 7) is 0. The monoisotopic (exact) mass is 115 g/mol. The predicted molar refractivity (Wildman–Crippen MR) is 28.3 cm³/mol. The van der Waals surface area contributed by atoms with Gasteiger partial charge in [-0.25, -0.2) is 0 Å². The zero-order valence-electron chi connectivity index (χ0n) is 4.50. The van der Waals surface area contributed by atoms with Crippen LogP contribution in [0.5, 0.6) is 0 Å². The van der Waals surface area contributed by atoms with Crippen LogP contribution in [0.25, 0.3) is 0 Å². The maximum absolute atomic E-state index is 10.1. The molecule has 0 saturated heterocycles. The number of nitrogens with two attached hydrogens (primary N) is 1. The minimum atomic E-state index is -0.747. The summed E-state index contributed by atoms with van der Waals surface area (Å²) < 4.78 is 0. The van der Waals surface area contributed by atoms with Gasteiger partial charge in [-0.2, -0.15) is 0 Å². The zero-order valence-corrected chi connectivity index (χ0v) is 4.50. The van der Waals surface area contributed by atoms with Gasteiger partial charge in [0.1, 0.15) is 0 Å². The van der Waals surface area contributed by atoms with Gasteiger partial charge in [-0.3, -0.25) is 4.79 Å². The molecular formula is C5H9NO2. The van der Waals surface area contributed by atoms with Crippen LogP contribution in [0.1, 0.15) is 12.8 Å². The van der Waals surface area contributed by atoms with E-state index in [-0.39, 0.29) is 12.0 Å². The molecule has 3 N–H and O–H groups in total. The van der Waals surface area contributed by atoms with Crippen molar-refractivity contribution in [1.82, 2.24) is 0 Å². The molecular weight excluding hydrogens is 106 g/mol. The molecule has 0 aromatic heterocycles. The van der Waals surface area contributed by atoms with Crippen LogP contribution >= 0.6 is 0 Å². The van der Waals surface area contributed by atoms with Crippen LogP contribution in [0.15, 0.2) is 0 Å². The van der Waals surface area contributed by atoms with Gasteiger partial charge < -0.3 is 10.8 Å². The van der Waals surface area contributed by atoms with E-state index >= 15 is 0 Å². The first-order valence-corrected chi connectivity index (χ1v) is 2.70. The van der Waals surface area contributed by atoms with Gasteiger partial charge in [0.15, 0.2) is 0 Å². The average molecular weight is 115 g/mol. The second-order valence-corrected chi connectivity index (χ2v) is 2.19. The van der Waals surface area contributed by atoms with Crippen molar-refractivity contribution in [2.24, 2.45) is 11.7 Å². The topological polar surface area (TPSA) is 63.3 Å². The third-order valence-corrected chi connectivity index (χ3v) is 1.65. The fourth-order valence-electron chi connectivity index (χ4n) is 0.832. The molecule has 1 saturated carbocycles. The van der Waals surface area contributed by atoms with Crippen molar-refractivity contribution >= 4 is 5.97 Å². The Hall–Kier alpha value is -0.570. The summed E-state index contributed by atoms with van der Waals surface area (Å²) >= 11 is 0. The molecule has 1 fully saturated rings.